The summed E-state index contributed by atoms with van der Waals surface area (Å²) in [5.41, 5.74) is 0. The molecule has 0 saturated carbocycles. The van der Waals surface area contributed by atoms with Crippen LogP contribution in [0, 0.1) is 0 Å². The van der Waals surface area contributed by atoms with Gasteiger partial charge in [-0.1, -0.05) is 0 Å². The minimum absolute atomic E-state index is 0.0463. The molecule has 0 aromatic rings. The molecule has 0 aliphatic carbocycles. The van der Waals surface area contributed by atoms with Gasteiger partial charge in [0.1, 0.15) is 5.78 Å². The zero-order chi connectivity index (χ0) is 11.1. The Morgan fingerprint density at radius 3 is 1.46 bits per heavy atom. The lowest BCUT2D eigenvalue weighted by molar-refractivity contribution is -0.849. The number of rotatable bonds is 3. The quantitative estimate of drug-likeness (QED) is 0.668. The van der Waals surface area contributed by atoms with E-state index >= 15 is 0 Å². The summed E-state index contributed by atoms with van der Waals surface area (Å²) in [6, 6.07) is 0. The van der Waals surface area contributed by atoms with Gasteiger partial charge in [-0.3, -0.25) is 4.79 Å². The third-order valence-electron chi connectivity index (χ3n) is 0.691. The van der Waals surface area contributed by atoms with Gasteiger partial charge in [0.15, 0.2) is 0 Å². The van der Waals surface area contributed by atoms with Gasteiger partial charge in [-0.15, -0.1) is 0 Å². The second kappa shape index (κ2) is 6.60. The number of carbonyl (C=O) groups excluding carboxylic acids is 1. The van der Waals surface area contributed by atoms with Crippen LogP contribution in [0.4, 0.5) is 0 Å². The molecule has 0 heterocycles. The standard InChI is InChI=1S/C5H8O3.C4H12N/c1-4(6)2-3-5(7)8;1-5(2,3)4/h2-3H2,1H3,(H,7,8);1-4H3/q;+1. The molecule has 0 unspecified atom stereocenters. The molecule has 1 N–H and O–H groups in total. The SMILES string of the molecule is CC(=O)CCC(=O)O.C[N+](C)(C)C. The molecule has 0 amide bonds. The molecule has 0 aromatic carbocycles. The van der Waals surface area contributed by atoms with Crippen molar-refractivity contribution in [1.82, 2.24) is 0 Å². The van der Waals surface area contributed by atoms with Crippen LogP contribution in [0.3, 0.4) is 0 Å². The van der Waals surface area contributed by atoms with Crippen LogP contribution in [0.5, 0.6) is 0 Å². The molecular weight excluding hydrogens is 170 g/mol. The smallest absolute Gasteiger partial charge is 0.303 e. The Bertz CT molecular complexity index is 150. The van der Waals surface area contributed by atoms with Crippen LogP contribution >= 0.6 is 0 Å². The van der Waals surface area contributed by atoms with Crippen molar-refractivity contribution in [1.29, 1.82) is 0 Å². The largest absolute Gasteiger partial charge is 0.481 e. The van der Waals surface area contributed by atoms with E-state index in [9.17, 15) is 9.59 Å². The Labute approximate surface area is 79.8 Å². The van der Waals surface area contributed by atoms with Crippen molar-refractivity contribution in [3.05, 3.63) is 0 Å². The van der Waals surface area contributed by atoms with E-state index in [2.05, 4.69) is 28.2 Å². The first kappa shape index (κ1) is 14.6. The van der Waals surface area contributed by atoms with Crippen molar-refractivity contribution in [2.45, 2.75) is 19.8 Å². The molecule has 4 heteroatoms. The average molecular weight is 190 g/mol. The van der Waals surface area contributed by atoms with Crippen molar-refractivity contribution >= 4 is 11.8 Å². The Hall–Kier alpha value is -0.900. The molecule has 0 aliphatic rings. The van der Waals surface area contributed by atoms with Crippen molar-refractivity contribution in [3.63, 3.8) is 0 Å². The number of hydrogen-bond acceptors (Lipinski definition) is 2. The highest BCUT2D eigenvalue weighted by atomic mass is 16.4. The number of hydrogen-bond donors (Lipinski definition) is 1. The minimum atomic E-state index is -0.916. The Morgan fingerprint density at radius 2 is 1.38 bits per heavy atom. The number of carboxylic acid groups (broad SMARTS) is 1. The Morgan fingerprint density at radius 1 is 1.08 bits per heavy atom. The lowest BCUT2D eigenvalue weighted by Gasteiger charge is -2.14. The number of carbonyl (C=O) groups is 2. The fourth-order valence-electron chi connectivity index (χ4n) is 0.283. The van der Waals surface area contributed by atoms with Gasteiger partial charge in [0.25, 0.3) is 0 Å². The van der Waals surface area contributed by atoms with E-state index in [4.69, 9.17) is 5.11 Å². The molecule has 78 valence electrons. The number of Topliss-reactive ketones (excluding diaryl/α,β-unsaturated/α-hetero) is 1. The van der Waals surface area contributed by atoms with Crippen LogP contribution in [0.25, 0.3) is 0 Å². The fraction of sp³-hybridized carbons (Fsp3) is 0.778. The summed E-state index contributed by atoms with van der Waals surface area (Å²) in [5.74, 6) is -0.993. The molecule has 0 aromatic heterocycles. The first-order valence-corrected chi connectivity index (χ1v) is 4.13. The van der Waals surface area contributed by atoms with Gasteiger partial charge >= 0.3 is 5.97 Å². The van der Waals surface area contributed by atoms with Crippen molar-refractivity contribution in [2.24, 2.45) is 0 Å². The van der Waals surface area contributed by atoms with Crippen LogP contribution < -0.4 is 0 Å². The maximum Gasteiger partial charge on any atom is 0.303 e. The highest BCUT2D eigenvalue weighted by Crippen LogP contribution is 1.87. The summed E-state index contributed by atoms with van der Waals surface area (Å²) in [6.45, 7) is 1.38. The maximum absolute atomic E-state index is 10.1. The minimum Gasteiger partial charge on any atom is -0.481 e. The fourth-order valence-corrected chi connectivity index (χ4v) is 0.283. The lowest BCUT2D eigenvalue weighted by Crippen LogP contribution is -2.27. The van der Waals surface area contributed by atoms with E-state index in [1.165, 1.54) is 6.92 Å². The summed E-state index contributed by atoms with van der Waals surface area (Å²) in [7, 11) is 8.50. The molecule has 0 spiro atoms. The molecular formula is C9H20NO3+. The number of aliphatic carboxylic acids is 1. The van der Waals surface area contributed by atoms with E-state index in [0.717, 1.165) is 4.48 Å². The van der Waals surface area contributed by atoms with Gasteiger partial charge in [-0.25, -0.2) is 0 Å². The zero-order valence-corrected chi connectivity index (χ0v) is 9.13. The average Bonchev–Trinajstić information content (AvgIpc) is 1.79. The van der Waals surface area contributed by atoms with E-state index in [1.54, 1.807) is 0 Å². The molecule has 0 rings (SSSR count). The van der Waals surface area contributed by atoms with E-state index in [0.29, 0.717) is 0 Å². The number of carboxylic acids is 1. The molecule has 0 fully saturated rings. The van der Waals surface area contributed by atoms with E-state index < -0.39 is 5.97 Å². The molecule has 0 aliphatic heterocycles. The highest BCUT2D eigenvalue weighted by molar-refractivity contribution is 5.80. The van der Waals surface area contributed by atoms with Crippen LogP contribution in [-0.2, 0) is 9.59 Å². The molecule has 0 atom stereocenters. The van der Waals surface area contributed by atoms with Crippen LogP contribution in [0.1, 0.15) is 19.8 Å². The molecule has 4 nitrogen and oxygen atoms in total. The molecule has 0 bridgehead atoms. The van der Waals surface area contributed by atoms with E-state index in [1.807, 2.05) is 0 Å². The number of ketones is 1. The predicted octanol–water partition coefficient (Wildman–Crippen LogP) is 0.763. The Balaban J connectivity index is 0. The summed E-state index contributed by atoms with van der Waals surface area (Å²) >= 11 is 0. The monoisotopic (exact) mass is 190 g/mol. The van der Waals surface area contributed by atoms with Gasteiger partial charge in [-0.05, 0) is 6.92 Å². The number of quaternary nitrogens is 1. The summed E-state index contributed by atoms with van der Waals surface area (Å²) in [6.07, 6.45) is 0.102. The number of nitrogens with zero attached hydrogens (tertiary/aromatic N) is 1. The van der Waals surface area contributed by atoms with Crippen LogP contribution in [0.2, 0.25) is 0 Å². The van der Waals surface area contributed by atoms with Gasteiger partial charge in [0.2, 0.25) is 0 Å². The van der Waals surface area contributed by atoms with Gasteiger partial charge < -0.3 is 14.4 Å². The van der Waals surface area contributed by atoms with Gasteiger partial charge in [0.05, 0.1) is 34.6 Å². The predicted molar refractivity (Wildman–Crippen MR) is 51.5 cm³/mol. The first-order chi connectivity index (χ1) is 5.63. The second-order valence-corrected chi connectivity index (χ2v) is 4.28. The van der Waals surface area contributed by atoms with Gasteiger partial charge in [-0.2, -0.15) is 0 Å². The summed E-state index contributed by atoms with van der Waals surface area (Å²) < 4.78 is 1.00. The highest BCUT2D eigenvalue weighted by Gasteiger charge is 1.97. The summed E-state index contributed by atoms with van der Waals surface area (Å²) in [4.78, 5) is 19.8. The first-order valence-electron chi connectivity index (χ1n) is 4.13. The normalized spacial score (nSPS) is 9.92. The maximum atomic E-state index is 10.1. The molecule has 13 heavy (non-hydrogen) atoms. The molecule has 0 radical (unpaired) electrons. The Kier molecular flexibility index (Phi) is 7.42. The van der Waals surface area contributed by atoms with Crippen molar-refractivity contribution < 1.29 is 19.2 Å². The summed E-state index contributed by atoms with van der Waals surface area (Å²) in [5, 5.41) is 8.01. The van der Waals surface area contributed by atoms with E-state index in [-0.39, 0.29) is 18.6 Å². The lowest BCUT2D eigenvalue weighted by atomic mass is 10.2. The molecule has 0 saturated heterocycles. The zero-order valence-electron chi connectivity index (χ0n) is 9.13. The van der Waals surface area contributed by atoms with Crippen LogP contribution in [-0.4, -0.2) is 49.5 Å². The van der Waals surface area contributed by atoms with Crippen LogP contribution in [0.15, 0.2) is 0 Å². The third kappa shape index (κ3) is 54.7. The second-order valence-electron chi connectivity index (χ2n) is 4.28. The van der Waals surface area contributed by atoms with Crippen molar-refractivity contribution in [2.75, 3.05) is 28.2 Å². The van der Waals surface area contributed by atoms with Gasteiger partial charge in [0, 0.05) is 6.42 Å². The topological polar surface area (TPSA) is 54.4 Å². The van der Waals surface area contributed by atoms with Crippen molar-refractivity contribution in [3.8, 4) is 0 Å². The third-order valence-corrected chi connectivity index (χ3v) is 0.691.